The number of nitrogens with zero attached hydrogens (tertiary/aromatic N) is 2. The molecule has 470 valence electrons. The summed E-state index contributed by atoms with van der Waals surface area (Å²) in [5.74, 6) is -14.4. The van der Waals surface area contributed by atoms with Crippen molar-refractivity contribution in [1.29, 1.82) is 0 Å². The molecule has 2 aliphatic carbocycles. The minimum Gasteiger partial charge on any atom is -0.457 e. The van der Waals surface area contributed by atoms with Crippen LogP contribution in [0.15, 0.2) is 193 Å². The number of carbonyl (C=O) groups is 8. The summed E-state index contributed by atoms with van der Waals surface area (Å²) in [7, 11) is 0. The molecule has 0 saturated carbocycles. The van der Waals surface area contributed by atoms with Crippen molar-refractivity contribution < 1.29 is 84.3 Å². The van der Waals surface area contributed by atoms with Crippen LogP contribution < -0.4 is 9.47 Å². The molecule has 0 N–H and O–H groups in total. The molecule has 0 amide bonds. The first-order valence-corrected chi connectivity index (χ1v) is 31.0. The van der Waals surface area contributed by atoms with E-state index in [1.807, 2.05) is 0 Å². The van der Waals surface area contributed by atoms with Crippen LogP contribution in [0.25, 0.3) is 54.6 Å². The van der Waals surface area contributed by atoms with E-state index < -0.39 is 131 Å². The molecule has 0 unspecified atom stereocenters. The SMILES string of the molecule is O=C1C(=Cc2nc3c(s2)-c2cc4c(cc2C(C(=O)OCc2ccccc2)(C(=O)OCc2ccccc2)O3)-c2sc(C=C3C(=O)c5cc6cc(F)c(F)cc6cc5C3=O)nc2OC4(C(=O)OCc2ccccc2)C(=O)OCc2ccccc2)C(=O)c2cc3cc(F)c(F)cc3cc21. The van der Waals surface area contributed by atoms with Crippen LogP contribution in [-0.4, -0.2) is 57.0 Å². The van der Waals surface area contributed by atoms with Gasteiger partial charge in [0.05, 0.1) is 20.9 Å². The van der Waals surface area contributed by atoms with Crippen LogP contribution >= 0.6 is 22.7 Å². The molecular formula is C74H40F4N2O14S2. The number of thiazole rings is 2. The summed E-state index contributed by atoms with van der Waals surface area (Å²) in [6.45, 7) is -1.79. The summed E-state index contributed by atoms with van der Waals surface area (Å²) < 4.78 is 95.6. The molecule has 0 radical (unpaired) electrons. The summed E-state index contributed by atoms with van der Waals surface area (Å²) in [5.41, 5.74) is -6.57. The van der Waals surface area contributed by atoms with Gasteiger partial charge in [0.15, 0.2) is 46.4 Å². The van der Waals surface area contributed by atoms with E-state index in [1.54, 1.807) is 121 Å². The molecule has 0 fully saturated rings. The molecule has 0 bridgehead atoms. The zero-order valence-electron chi connectivity index (χ0n) is 49.2. The Hall–Kier alpha value is -11.9. The quantitative estimate of drug-likeness (QED) is 0.0247. The average molecular weight is 1320 g/mol. The zero-order valence-corrected chi connectivity index (χ0v) is 50.9. The highest BCUT2D eigenvalue weighted by Gasteiger charge is 2.63. The van der Waals surface area contributed by atoms with E-state index in [0.29, 0.717) is 22.3 Å². The molecule has 2 aliphatic heterocycles. The molecule has 0 spiro atoms. The van der Waals surface area contributed by atoms with Crippen molar-refractivity contribution in [2.24, 2.45) is 0 Å². The molecule has 2 aromatic heterocycles. The molecule has 4 aliphatic rings. The largest absolute Gasteiger partial charge is 0.457 e. The first kappa shape index (κ1) is 60.4. The lowest BCUT2D eigenvalue weighted by molar-refractivity contribution is -0.185. The van der Waals surface area contributed by atoms with E-state index >= 15 is 19.2 Å². The number of fused-ring (bicyclic) bond motifs is 10. The topological polar surface area (TPSA) is 218 Å². The van der Waals surface area contributed by atoms with Crippen molar-refractivity contribution in [3.63, 3.8) is 0 Å². The number of Topliss-reactive ketones (excluding diaryl/α,β-unsaturated/α-hetero) is 4. The lowest BCUT2D eigenvalue weighted by atomic mass is 9.79. The van der Waals surface area contributed by atoms with Gasteiger partial charge in [-0.05, 0) is 117 Å². The number of esters is 4. The number of aromatic nitrogens is 2. The summed E-state index contributed by atoms with van der Waals surface area (Å²) in [6, 6.07) is 44.8. The Balaban J connectivity index is 0.952. The highest BCUT2D eigenvalue weighted by Crippen LogP contribution is 2.57. The second-order valence-electron chi connectivity index (χ2n) is 22.6. The van der Waals surface area contributed by atoms with Crippen LogP contribution in [0.3, 0.4) is 0 Å². The van der Waals surface area contributed by atoms with Gasteiger partial charge < -0.3 is 28.4 Å². The molecule has 96 heavy (non-hydrogen) atoms. The van der Waals surface area contributed by atoms with Crippen LogP contribution in [0, 0.1) is 23.3 Å². The number of allylic oxidation sites excluding steroid dienone is 2. The van der Waals surface area contributed by atoms with Crippen LogP contribution in [0.1, 0.15) is 84.8 Å². The van der Waals surface area contributed by atoms with Crippen molar-refractivity contribution in [2.75, 3.05) is 0 Å². The van der Waals surface area contributed by atoms with Gasteiger partial charge in [0.1, 0.15) is 36.4 Å². The van der Waals surface area contributed by atoms with Gasteiger partial charge in [-0.15, -0.1) is 22.7 Å². The van der Waals surface area contributed by atoms with Crippen molar-refractivity contribution in [3.8, 4) is 32.6 Å². The summed E-state index contributed by atoms with van der Waals surface area (Å²) in [4.78, 5) is 129. The van der Waals surface area contributed by atoms with Crippen LogP contribution in [0.4, 0.5) is 17.6 Å². The standard InChI is InChI=1S/C74H40F4N2O14S2/c75-55-25-41-21-45-46(22-42(41)26-56(55)76)62(82)51(61(45)81)31-59-79-67-65(95-59)49-30-54-50(29-53(49)73(93-67,69(85)89-33-37-13-5-1-6-14-37)70(86)90-34-38-15-7-2-8-16-38)66-68(80-60(96-66)32-52-63(83)47-23-43-27-57(77)58(78)28-44(43)24-48(47)64(52)84)94-74(54,71(87)91-35-39-17-9-3-10-18-39)72(88)92-36-40-19-11-4-12-20-40/h1-32H,33-36H2. The molecule has 11 aromatic rings. The molecular weight excluding hydrogens is 1280 g/mol. The van der Waals surface area contributed by atoms with E-state index in [9.17, 15) is 36.7 Å². The van der Waals surface area contributed by atoms with Gasteiger partial charge in [0, 0.05) is 44.5 Å². The van der Waals surface area contributed by atoms with Gasteiger partial charge in [-0.2, -0.15) is 0 Å². The maximum absolute atomic E-state index is 15.7. The second-order valence-corrected chi connectivity index (χ2v) is 24.6. The Morgan fingerprint density at radius 2 is 0.635 bits per heavy atom. The smallest absolute Gasteiger partial charge is 0.367 e. The fraction of sp³-hybridized carbons (Fsp3) is 0.0811. The van der Waals surface area contributed by atoms with Gasteiger partial charge in [-0.25, -0.2) is 46.7 Å². The Kier molecular flexibility index (Phi) is 14.8. The summed E-state index contributed by atoms with van der Waals surface area (Å²) in [5, 5.41) is 0.252. The molecule has 15 rings (SSSR count). The number of ether oxygens (including phenoxy) is 6. The maximum atomic E-state index is 15.7. The van der Waals surface area contributed by atoms with Gasteiger partial charge >= 0.3 is 35.1 Å². The van der Waals surface area contributed by atoms with Crippen molar-refractivity contribution in [1.82, 2.24) is 9.97 Å². The Bertz CT molecular complexity index is 4740. The van der Waals surface area contributed by atoms with E-state index in [2.05, 4.69) is 9.97 Å². The van der Waals surface area contributed by atoms with Crippen LogP contribution in [0.2, 0.25) is 0 Å². The number of benzene rings is 9. The van der Waals surface area contributed by atoms with E-state index in [-0.39, 0.29) is 85.8 Å². The maximum Gasteiger partial charge on any atom is 0.367 e. The number of hydrogen-bond donors (Lipinski definition) is 0. The lowest BCUT2D eigenvalue weighted by Gasteiger charge is -2.38. The Morgan fingerprint density at radius 1 is 0.375 bits per heavy atom. The van der Waals surface area contributed by atoms with Gasteiger partial charge in [-0.1, -0.05) is 121 Å². The molecule has 22 heteroatoms. The summed E-state index contributed by atoms with van der Waals surface area (Å²) >= 11 is 1.55. The molecule has 4 heterocycles. The fourth-order valence-corrected chi connectivity index (χ4v) is 13.8. The summed E-state index contributed by atoms with van der Waals surface area (Å²) in [6.07, 6.45) is 2.28. The highest BCUT2D eigenvalue weighted by molar-refractivity contribution is 7.17. The number of ketones is 4. The van der Waals surface area contributed by atoms with Crippen molar-refractivity contribution >= 4 is 103 Å². The minimum absolute atomic E-state index is 0.0326. The normalized spacial score (nSPS) is 14.3. The van der Waals surface area contributed by atoms with Gasteiger partial charge in [0.2, 0.25) is 11.8 Å². The third kappa shape index (κ3) is 10.2. The second kappa shape index (κ2) is 23.6. The number of halogens is 4. The fourth-order valence-electron chi connectivity index (χ4n) is 11.9. The first-order chi connectivity index (χ1) is 46.4. The number of carbonyl (C=O) groups excluding carboxylic acids is 8. The third-order valence-corrected chi connectivity index (χ3v) is 18.7. The van der Waals surface area contributed by atoms with E-state index in [0.717, 1.165) is 59.1 Å². The Morgan fingerprint density at radius 3 is 0.896 bits per heavy atom. The van der Waals surface area contributed by atoms with Crippen molar-refractivity contribution in [3.05, 3.63) is 282 Å². The monoisotopic (exact) mass is 1320 g/mol. The molecule has 0 atom stereocenters. The zero-order chi connectivity index (χ0) is 66.3. The van der Waals surface area contributed by atoms with Gasteiger partial charge in [-0.3, -0.25) is 19.2 Å². The molecule has 16 nitrogen and oxygen atoms in total. The average Bonchev–Trinajstić information content (AvgIpc) is 1.16. The highest BCUT2D eigenvalue weighted by atomic mass is 32.1. The van der Waals surface area contributed by atoms with Gasteiger partial charge in [0.25, 0.3) is 0 Å². The number of rotatable bonds is 14. The molecule has 9 aromatic carbocycles. The minimum atomic E-state index is -3.05. The molecule has 0 saturated heterocycles. The van der Waals surface area contributed by atoms with E-state index in [1.165, 1.54) is 36.4 Å². The number of hydrogen-bond acceptors (Lipinski definition) is 18. The Labute approximate surface area is 547 Å². The third-order valence-electron chi connectivity index (χ3n) is 16.7. The van der Waals surface area contributed by atoms with Crippen LogP contribution in [-0.2, 0) is 75.8 Å². The van der Waals surface area contributed by atoms with E-state index in [4.69, 9.17) is 28.4 Å². The van der Waals surface area contributed by atoms with Crippen LogP contribution in [0.5, 0.6) is 11.8 Å². The van der Waals surface area contributed by atoms with Crippen molar-refractivity contribution in [2.45, 2.75) is 37.6 Å². The predicted octanol–water partition coefficient (Wildman–Crippen LogP) is 13.9. The lowest BCUT2D eigenvalue weighted by Crippen LogP contribution is -2.54. The predicted molar refractivity (Wildman–Crippen MR) is 339 cm³/mol. The first-order valence-electron chi connectivity index (χ1n) is 29.4.